The van der Waals surface area contributed by atoms with Crippen molar-refractivity contribution in [1.29, 1.82) is 0 Å². The largest absolute Gasteiger partial charge is 0.287 e. The van der Waals surface area contributed by atoms with Gasteiger partial charge in [0.25, 0.3) is 5.56 Å². The molecule has 0 amide bonds. The van der Waals surface area contributed by atoms with Gasteiger partial charge in [0.1, 0.15) is 5.02 Å². The third kappa shape index (κ3) is 2.60. The van der Waals surface area contributed by atoms with E-state index in [1.165, 1.54) is 0 Å². The lowest BCUT2D eigenvalue weighted by molar-refractivity contribution is 0.366. The number of rotatable bonds is 2. The molecule has 112 valence electrons. The summed E-state index contributed by atoms with van der Waals surface area (Å²) >= 11 is 11.0. The van der Waals surface area contributed by atoms with E-state index in [2.05, 4.69) is 5.10 Å². The highest BCUT2D eigenvalue weighted by Gasteiger charge is 2.26. The molecule has 0 aliphatic heterocycles. The lowest BCUT2D eigenvalue weighted by Gasteiger charge is -2.09. The van der Waals surface area contributed by atoms with Gasteiger partial charge in [0, 0.05) is 0 Å². The molecule has 0 aliphatic rings. The molecule has 0 fully saturated rings. The van der Waals surface area contributed by atoms with E-state index in [0.29, 0.717) is 4.68 Å². The maximum atomic E-state index is 13.5. The Kier molecular flexibility index (Phi) is 4.20. The number of halogens is 7. The number of hydrogen-bond donors (Lipinski definition) is 0. The minimum atomic E-state index is -2.29. The number of nitrogens with zero attached hydrogens (tertiary/aromatic N) is 2. The van der Waals surface area contributed by atoms with E-state index in [0.717, 1.165) is 6.20 Å². The highest BCUT2D eigenvalue weighted by molar-refractivity contribution is 6.41. The van der Waals surface area contributed by atoms with Crippen LogP contribution >= 0.6 is 23.2 Å². The summed E-state index contributed by atoms with van der Waals surface area (Å²) in [6, 6.07) is 0. The van der Waals surface area contributed by atoms with E-state index < -0.39 is 51.8 Å². The van der Waals surface area contributed by atoms with Gasteiger partial charge in [-0.15, -0.1) is 0 Å². The van der Waals surface area contributed by atoms with Crippen molar-refractivity contribution in [2.75, 3.05) is 0 Å². The Morgan fingerprint density at radius 1 is 0.952 bits per heavy atom. The summed E-state index contributed by atoms with van der Waals surface area (Å²) in [7, 11) is 0. The normalized spacial score (nSPS) is 11.0. The van der Waals surface area contributed by atoms with Crippen molar-refractivity contribution in [3.05, 3.63) is 61.2 Å². The highest BCUT2D eigenvalue weighted by atomic mass is 35.5. The first-order valence-electron chi connectivity index (χ1n) is 5.17. The Labute approximate surface area is 123 Å². The van der Waals surface area contributed by atoms with E-state index in [9.17, 15) is 26.7 Å². The zero-order valence-corrected chi connectivity index (χ0v) is 11.2. The molecule has 0 radical (unpaired) electrons. The summed E-state index contributed by atoms with van der Waals surface area (Å²) in [5.74, 6) is -10.6. The van der Waals surface area contributed by atoms with Crippen LogP contribution in [0.15, 0.2) is 11.0 Å². The Morgan fingerprint density at radius 2 is 1.43 bits per heavy atom. The topological polar surface area (TPSA) is 34.9 Å². The Balaban J connectivity index is 2.61. The van der Waals surface area contributed by atoms with Crippen LogP contribution in [0.3, 0.4) is 0 Å². The molecule has 0 atom stereocenters. The molecule has 0 bridgehead atoms. The van der Waals surface area contributed by atoms with Gasteiger partial charge in [-0.05, 0) is 0 Å². The summed E-state index contributed by atoms with van der Waals surface area (Å²) in [6.45, 7) is -0.999. The molecule has 0 spiro atoms. The second kappa shape index (κ2) is 5.61. The van der Waals surface area contributed by atoms with Crippen molar-refractivity contribution in [3.8, 4) is 0 Å². The van der Waals surface area contributed by atoms with E-state index in [1.807, 2.05) is 0 Å². The number of benzene rings is 1. The summed E-state index contributed by atoms with van der Waals surface area (Å²) < 4.78 is 66.3. The Hall–Kier alpha value is -1.67. The fourth-order valence-corrected chi connectivity index (χ4v) is 1.77. The molecule has 3 nitrogen and oxygen atoms in total. The van der Waals surface area contributed by atoms with Crippen LogP contribution < -0.4 is 5.56 Å². The third-order valence-electron chi connectivity index (χ3n) is 2.55. The van der Waals surface area contributed by atoms with Crippen LogP contribution in [0.4, 0.5) is 22.0 Å². The first-order chi connectivity index (χ1) is 9.75. The monoisotopic (exact) mass is 344 g/mol. The van der Waals surface area contributed by atoms with Crippen LogP contribution in [0.1, 0.15) is 5.56 Å². The molecule has 0 saturated carbocycles. The molecule has 2 aromatic rings. The average molecular weight is 345 g/mol. The minimum absolute atomic E-state index is 0.213. The molecule has 1 aromatic carbocycles. The zero-order valence-electron chi connectivity index (χ0n) is 9.73. The van der Waals surface area contributed by atoms with Crippen molar-refractivity contribution in [1.82, 2.24) is 9.78 Å². The van der Waals surface area contributed by atoms with E-state index in [-0.39, 0.29) is 5.02 Å². The molecule has 0 N–H and O–H groups in total. The summed E-state index contributed by atoms with van der Waals surface area (Å²) in [5.41, 5.74) is -2.24. The maximum absolute atomic E-state index is 13.5. The summed E-state index contributed by atoms with van der Waals surface area (Å²) in [4.78, 5) is 11.6. The smallest absolute Gasteiger partial charge is 0.266 e. The van der Waals surface area contributed by atoms with Crippen molar-refractivity contribution >= 4 is 23.2 Å². The maximum Gasteiger partial charge on any atom is 0.287 e. The molecule has 1 heterocycles. The third-order valence-corrected chi connectivity index (χ3v) is 3.30. The SMILES string of the molecule is O=c1c(Cl)c(Cl)cnn1Cc1c(F)c(F)c(F)c(F)c1F. The minimum Gasteiger partial charge on any atom is -0.266 e. The van der Waals surface area contributed by atoms with Crippen LogP contribution in [0.25, 0.3) is 0 Å². The van der Waals surface area contributed by atoms with Crippen molar-refractivity contribution in [2.45, 2.75) is 6.54 Å². The van der Waals surface area contributed by atoms with E-state index >= 15 is 0 Å². The van der Waals surface area contributed by atoms with Crippen LogP contribution in [-0.4, -0.2) is 9.78 Å². The molecular weight excluding hydrogens is 342 g/mol. The van der Waals surface area contributed by atoms with Gasteiger partial charge in [-0.1, -0.05) is 23.2 Å². The molecule has 21 heavy (non-hydrogen) atoms. The first-order valence-corrected chi connectivity index (χ1v) is 5.92. The Morgan fingerprint density at radius 3 is 1.95 bits per heavy atom. The van der Waals surface area contributed by atoms with Gasteiger partial charge in [-0.25, -0.2) is 26.6 Å². The quantitative estimate of drug-likeness (QED) is 0.476. The van der Waals surface area contributed by atoms with E-state index in [1.54, 1.807) is 0 Å². The van der Waals surface area contributed by atoms with Gasteiger partial charge >= 0.3 is 0 Å². The van der Waals surface area contributed by atoms with Crippen LogP contribution in [0.2, 0.25) is 10.0 Å². The second-order valence-electron chi connectivity index (χ2n) is 3.82. The lowest BCUT2D eigenvalue weighted by Crippen LogP contribution is -2.25. The molecule has 0 unspecified atom stereocenters. The fourth-order valence-electron chi connectivity index (χ4n) is 1.50. The van der Waals surface area contributed by atoms with Gasteiger partial charge in [-0.3, -0.25) is 4.79 Å². The molecule has 0 saturated heterocycles. The standard InChI is InChI=1S/C11H3Cl2F5N2O/c12-4-1-19-20(11(21)5(4)13)2-3-6(14)8(16)10(18)9(17)7(3)15/h1H,2H2. The zero-order chi connectivity index (χ0) is 15.9. The number of aromatic nitrogens is 2. The summed E-state index contributed by atoms with van der Waals surface area (Å²) in [6.07, 6.45) is 0.900. The van der Waals surface area contributed by atoms with Gasteiger partial charge in [0.2, 0.25) is 5.82 Å². The molecule has 0 aliphatic carbocycles. The predicted octanol–water partition coefficient (Wildman–Crippen LogP) is 3.29. The van der Waals surface area contributed by atoms with Gasteiger partial charge in [0.15, 0.2) is 23.3 Å². The Bertz CT molecular complexity index is 764. The first kappa shape index (κ1) is 15.7. The fraction of sp³-hybridized carbons (Fsp3) is 0.0909. The summed E-state index contributed by atoms with van der Waals surface area (Å²) in [5, 5.41) is 2.71. The van der Waals surface area contributed by atoms with Crippen LogP contribution in [0.5, 0.6) is 0 Å². The van der Waals surface area contributed by atoms with Gasteiger partial charge < -0.3 is 0 Å². The highest BCUT2D eigenvalue weighted by Crippen LogP contribution is 2.23. The van der Waals surface area contributed by atoms with Crippen LogP contribution in [-0.2, 0) is 6.54 Å². The average Bonchev–Trinajstić information content (AvgIpc) is 2.47. The lowest BCUT2D eigenvalue weighted by atomic mass is 10.1. The van der Waals surface area contributed by atoms with Crippen molar-refractivity contribution in [3.63, 3.8) is 0 Å². The number of hydrogen-bond acceptors (Lipinski definition) is 2. The molecule has 2 rings (SSSR count). The second-order valence-corrected chi connectivity index (χ2v) is 4.60. The van der Waals surface area contributed by atoms with Gasteiger partial charge in [-0.2, -0.15) is 5.10 Å². The predicted molar refractivity (Wildman–Crippen MR) is 63.9 cm³/mol. The van der Waals surface area contributed by atoms with E-state index in [4.69, 9.17) is 23.2 Å². The van der Waals surface area contributed by atoms with Gasteiger partial charge in [0.05, 0.1) is 23.3 Å². The van der Waals surface area contributed by atoms with Crippen molar-refractivity contribution in [2.24, 2.45) is 0 Å². The molecule has 10 heteroatoms. The molecular formula is C11H3Cl2F5N2O. The van der Waals surface area contributed by atoms with Crippen LogP contribution in [0, 0.1) is 29.1 Å². The van der Waals surface area contributed by atoms with Crippen molar-refractivity contribution < 1.29 is 22.0 Å². The molecule has 1 aromatic heterocycles.